The van der Waals surface area contributed by atoms with Crippen LogP contribution in [0.3, 0.4) is 0 Å². The molecule has 1 aromatic carbocycles. The lowest BCUT2D eigenvalue weighted by atomic mass is 10.0. The Kier molecular flexibility index (Phi) is 15.1. The molecule has 4 nitrogen and oxygen atoms in total. The van der Waals surface area contributed by atoms with Crippen LogP contribution in [-0.2, 0) is 15.8 Å². The number of aliphatic hydroxyl groups is 1. The molecule has 0 radical (unpaired) electrons. The number of hydrogen-bond acceptors (Lipinski definition) is 4. The molecule has 0 saturated heterocycles. The lowest BCUT2D eigenvalue weighted by molar-refractivity contribution is -0.0265. The molecule has 0 aliphatic heterocycles. The summed E-state index contributed by atoms with van der Waals surface area (Å²) in [6.07, 6.45) is 8.44. The Hall–Kier alpha value is -1.14. The van der Waals surface area contributed by atoms with E-state index < -0.39 is 14.4 Å². The minimum atomic E-state index is -2.16. The zero-order chi connectivity index (χ0) is 26.4. The Morgan fingerprint density at radius 1 is 0.914 bits per heavy atom. The first kappa shape index (κ1) is 31.9. The number of hydrogen-bond donors (Lipinski definition) is 1. The summed E-state index contributed by atoms with van der Waals surface area (Å²) in [4.78, 5) is 0. The van der Waals surface area contributed by atoms with Crippen molar-refractivity contribution in [2.24, 2.45) is 0 Å². The molecule has 0 unspecified atom stereocenters. The summed E-state index contributed by atoms with van der Waals surface area (Å²) in [5.74, 6) is 0.848. The third kappa shape index (κ3) is 10.0. The van der Waals surface area contributed by atoms with E-state index in [1.807, 2.05) is 12.1 Å². The predicted molar refractivity (Wildman–Crippen MR) is 152 cm³/mol. The topological polar surface area (TPSA) is 47.9 Å². The van der Waals surface area contributed by atoms with Crippen molar-refractivity contribution in [2.75, 3.05) is 7.11 Å². The minimum absolute atomic E-state index is 0.0246. The molecule has 1 rings (SSSR count). The summed E-state index contributed by atoms with van der Waals surface area (Å²) in [6.45, 7) is 20.4. The molecule has 0 saturated carbocycles. The second-order valence-electron chi connectivity index (χ2n) is 10.9. The molecule has 3 atom stereocenters. The van der Waals surface area contributed by atoms with Gasteiger partial charge in [0, 0.05) is 6.42 Å². The summed E-state index contributed by atoms with van der Waals surface area (Å²) < 4.78 is 18.8. The van der Waals surface area contributed by atoms with E-state index in [0.29, 0.717) is 29.7 Å². The normalized spacial score (nSPS) is 15.0. The molecule has 0 bridgehead atoms. The number of ether oxygens (including phenoxy) is 2. The molecule has 35 heavy (non-hydrogen) atoms. The van der Waals surface area contributed by atoms with Gasteiger partial charge in [0.05, 0.1) is 32.0 Å². The van der Waals surface area contributed by atoms with Crippen molar-refractivity contribution >= 4 is 8.32 Å². The smallest absolute Gasteiger partial charge is 0.200 e. The molecule has 0 heterocycles. The Bertz CT molecular complexity index is 664. The highest BCUT2D eigenvalue weighted by Crippen LogP contribution is 2.44. The van der Waals surface area contributed by atoms with Gasteiger partial charge in [0.1, 0.15) is 5.75 Å². The van der Waals surface area contributed by atoms with Gasteiger partial charge in [0.2, 0.25) is 8.32 Å². The van der Waals surface area contributed by atoms with Crippen LogP contribution in [0.15, 0.2) is 36.9 Å². The van der Waals surface area contributed by atoms with Crippen LogP contribution in [0, 0.1) is 0 Å². The molecular formula is C30H54O4Si. The van der Waals surface area contributed by atoms with E-state index >= 15 is 0 Å². The second-order valence-corrected chi connectivity index (χ2v) is 16.3. The fourth-order valence-electron chi connectivity index (χ4n) is 5.52. The van der Waals surface area contributed by atoms with E-state index in [4.69, 9.17) is 13.9 Å². The molecule has 0 spiro atoms. The Morgan fingerprint density at radius 2 is 1.49 bits per heavy atom. The fourth-order valence-corrected chi connectivity index (χ4v) is 11.1. The van der Waals surface area contributed by atoms with Gasteiger partial charge in [-0.05, 0) is 40.7 Å². The maximum atomic E-state index is 11.0. The van der Waals surface area contributed by atoms with Crippen molar-refractivity contribution in [3.05, 3.63) is 42.5 Å². The molecule has 5 heteroatoms. The van der Waals surface area contributed by atoms with Gasteiger partial charge in [-0.15, -0.1) is 6.58 Å². The maximum Gasteiger partial charge on any atom is 0.200 e. The summed E-state index contributed by atoms with van der Waals surface area (Å²) in [5, 5.41) is 11.0. The Balaban J connectivity index is 3.06. The maximum absolute atomic E-state index is 11.0. The zero-order valence-electron chi connectivity index (χ0n) is 23.9. The highest BCUT2D eigenvalue weighted by molar-refractivity contribution is 6.77. The van der Waals surface area contributed by atoms with Gasteiger partial charge in [-0.3, -0.25) is 0 Å². The van der Waals surface area contributed by atoms with Crippen LogP contribution in [0.5, 0.6) is 5.75 Å². The zero-order valence-corrected chi connectivity index (χ0v) is 24.9. The third-order valence-electron chi connectivity index (χ3n) is 7.45. The van der Waals surface area contributed by atoms with Gasteiger partial charge in [-0.25, -0.2) is 0 Å². The number of methoxy groups -OCH3 is 1. The second kappa shape index (κ2) is 16.6. The van der Waals surface area contributed by atoms with Crippen molar-refractivity contribution in [3.63, 3.8) is 0 Å². The van der Waals surface area contributed by atoms with Gasteiger partial charge in [-0.1, -0.05) is 98.8 Å². The molecule has 0 amide bonds. The first-order valence-corrected chi connectivity index (χ1v) is 16.0. The highest BCUT2D eigenvalue weighted by atomic mass is 28.4. The van der Waals surface area contributed by atoms with Gasteiger partial charge >= 0.3 is 0 Å². The summed E-state index contributed by atoms with van der Waals surface area (Å²) in [6, 6.07) is 8.05. The van der Waals surface area contributed by atoms with Crippen molar-refractivity contribution in [3.8, 4) is 5.75 Å². The lowest BCUT2D eigenvalue weighted by Gasteiger charge is -2.45. The monoisotopic (exact) mass is 506 g/mol. The van der Waals surface area contributed by atoms with Crippen LogP contribution in [-0.4, -0.2) is 38.8 Å². The number of aliphatic hydroxyl groups excluding tert-OH is 1. The Morgan fingerprint density at radius 3 is 1.97 bits per heavy atom. The number of benzene rings is 1. The summed E-state index contributed by atoms with van der Waals surface area (Å²) in [5.41, 5.74) is 2.48. The molecule has 0 aliphatic rings. The van der Waals surface area contributed by atoms with E-state index in [2.05, 4.69) is 67.2 Å². The van der Waals surface area contributed by atoms with Crippen LogP contribution in [0.25, 0.3) is 0 Å². The number of unbranched alkanes of at least 4 members (excludes halogenated alkanes) is 4. The standard InChI is InChI=1S/C30H54O4Si/c1-10-12-13-14-15-16-28(33-22-26-17-19-27(32-9)20-18-26)21-30(29(31)11-2)34-35(23(3)4,24(5)6)25(7)8/h11,17-20,23-25,28-31H,2,10,12-16,21-22H2,1,3-9H3/t28-,29-,30+/m1/s1. The van der Waals surface area contributed by atoms with E-state index in [1.54, 1.807) is 13.2 Å². The average Bonchev–Trinajstić information content (AvgIpc) is 2.83. The largest absolute Gasteiger partial charge is 0.497 e. The van der Waals surface area contributed by atoms with Gasteiger partial charge in [0.15, 0.2) is 0 Å². The van der Waals surface area contributed by atoms with Crippen LogP contribution in [0.4, 0.5) is 0 Å². The van der Waals surface area contributed by atoms with Crippen molar-refractivity contribution in [1.29, 1.82) is 0 Å². The molecule has 0 aliphatic carbocycles. The molecule has 0 fully saturated rings. The molecule has 1 N–H and O–H groups in total. The van der Waals surface area contributed by atoms with Crippen LogP contribution in [0.1, 0.15) is 99.0 Å². The molecular weight excluding hydrogens is 452 g/mol. The van der Waals surface area contributed by atoms with Crippen LogP contribution in [0.2, 0.25) is 16.6 Å². The minimum Gasteiger partial charge on any atom is -0.497 e. The quantitative estimate of drug-likeness (QED) is 0.116. The fraction of sp³-hybridized carbons (Fsp3) is 0.733. The van der Waals surface area contributed by atoms with E-state index in [1.165, 1.54) is 25.7 Å². The SMILES string of the molecule is C=C[C@@H](O)[C@H](C[C@@H](CCCCCCC)OCc1ccc(OC)cc1)O[Si](C(C)C)(C(C)C)C(C)C. The highest BCUT2D eigenvalue weighted by Gasteiger charge is 2.47. The van der Waals surface area contributed by atoms with Gasteiger partial charge in [0.25, 0.3) is 0 Å². The van der Waals surface area contributed by atoms with Crippen molar-refractivity contribution < 1.29 is 19.0 Å². The van der Waals surface area contributed by atoms with Crippen LogP contribution < -0.4 is 4.74 Å². The van der Waals surface area contributed by atoms with Crippen molar-refractivity contribution in [2.45, 2.75) is 135 Å². The Labute approximate surface area is 217 Å². The van der Waals surface area contributed by atoms with Gasteiger partial charge in [-0.2, -0.15) is 0 Å². The predicted octanol–water partition coefficient (Wildman–Crippen LogP) is 8.44. The van der Waals surface area contributed by atoms with Crippen LogP contribution >= 0.6 is 0 Å². The molecule has 1 aromatic rings. The molecule has 0 aromatic heterocycles. The van der Waals surface area contributed by atoms with Gasteiger partial charge < -0.3 is 19.0 Å². The van der Waals surface area contributed by atoms with E-state index in [-0.39, 0.29) is 12.2 Å². The summed E-state index contributed by atoms with van der Waals surface area (Å²) in [7, 11) is -0.480. The average molecular weight is 507 g/mol. The first-order valence-electron chi connectivity index (χ1n) is 13.8. The first-order chi connectivity index (χ1) is 16.6. The lowest BCUT2D eigenvalue weighted by Crippen LogP contribution is -2.52. The number of rotatable bonds is 19. The van der Waals surface area contributed by atoms with E-state index in [0.717, 1.165) is 24.2 Å². The van der Waals surface area contributed by atoms with Crippen molar-refractivity contribution in [1.82, 2.24) is 0 Å². The third-order valence-corrected chi connectivity index (χ3v) is 13.6. The summed E-state index contributed by atoms with van der Waals surface area (Å²) >= 11 is 0. The van der Waals surface area contributed by atoms with E-state index in [9.17, 15) is 5.11 Å². The molecule has 202 valence electrons.